The topological polar surface area (TPSA) is 63.4 Å². The molecule has 0 rings (SSSR count). The van der Waals surface area contributed by atoms with Crippen LogP contribution in [0.25, 0.3) is 0 Å². The summed E-state index contributed by atoms with van der Waals surface area (Å²) in [5.74, 6) is 0.183. The Bertz CT molecular complexity index is 299. The quantitative estimate of drug-likeness (QED) is 0.690. The van der Waals surface area contributed by atoms with Crippen LogP contribution < -0.4 is 5.73 Å². The summed E-state index contributed by atoms with van der Waals surface area (Å²) in [6, 6.07) is -0.0455. The molecule has 0 spiro atoms. The minimum absolute atomic E-state index is 0.0455. The Morgan fingerprint density at radius 3 is 2.33 bits per heavy atom. The van der Waals surface area contributed by atoms with E-state index in [-0.39, 0.29) is 11.8 Å². The summed E-state index contributed by atoms with van der Waals surface area (Å²) < 4.78 is 25.1. The summed E-state index contributed by atoms with van der Waals surface area (Å²) >= 11 is 4.74. The van der Waals surface area contributed by atoms with E-state index < -0.39 is 10.0 Å². The molecule has 0 bridgehead atoms. The van der Waals surface area contributed by atoms with Gasteiger partial charge < -0.3 is 5.73 Å². The molecule has 0 atom stereocenters. The molecule has 0 aromatic heterocycles. The molecule has 90 valence electrons. The lowest BCUT2D eigenvalue weighted by Gasteiger charge is -2.25. The minimum atomic E-state index is -3.15. The Hall–Kier alpha value is -0.200. The fourth-order valence-corrected chi connectivity index (χ4v) is 3.17. The van der Waals surface area contributed by atoms with E-state index in [0.717, 1.165) is 0 Å². The van der Waals surface area contributed by atoms with Gasteiger partial charge in [-0.1, -0.05) is 19.1 Å². The molecule has 0 aromatic carbocycles. The van der Waals surface area contributed by atoms with Crippen LogP contribution in [0.15, 0.2) is 0 Å². The van der Waals surface area contributed by atoms with E-state index in [2.05, 4.69) is 0 Å². The van der Waals surface area contributed by atoms with Crippen molar-refractivity contribution in [3.8, 4) is 0 Å². The van der Waals surface area contributed by atoms with Crippen molar-refractivity contribution in [3.05, 3.63) is 0 Å². The van der Waals surface area contributed by atoms with E-state index in [1.807, 2.05) is 20.8 Å². The van der Waals surface area contributed by atoms with Crippen molar-refractivity contribution in [2.75, 3.05) is 12.3 Å². The fourth-order valence-electron chi connectivity index (χ4n) is 1.31. The van der Waals surface area contributed by atoms with Crippen molar-refractivity contribution in [1.82, 2.24) is 4.31 Å². The third-order valence-corrected chi connectivity index (χ3v) is 4.42. The molecule has 0 heterocycles. The third-order valence-electron chi connectivity index (χ3n) is 1.97. The van der Waals surface area contributed by atoms with E-state index in [1.165, 1.54) is 4.31 Å². The first-order valence-electron chi connectivity index (χ1n) is 5.09. The molecule has 6 heteroatoms. The summed E-state index contributed by atoms with van der Waals surface area (Å²) in [6.45, 7) is 5.94. The second-order valence-electron chi connectivity index (χ2n) is 3.74. The van der Waals surface area contributed by atoms with Gasteiger partial charge in [0.25, 0.3) is 0 Å². The summed E-state index contributed by atoms with van der Waals surface area (Å²) in [7, 11) is -3.15. The first-order valence-corrected chi connectivity index (χ1v) is 7.10. The van der Waals surface area contributed by atoms with Crippen molar-refractivity contribution in [1.29, 1.82) is 0 Å². The molecule has 0 aromatic rings. The predicted molar refractivity (Wildman–Crippen MR) is 67.3 cm³/mol. The molecule has 4 nitrogen and oxygen atoms in total. The number of thiocarbonyl (C=S) groups is 1. The van der Waals surface area contributed by atoms with Crippen molar-refractivity contribution in [2.45, 2.75) is 39.7 Å². The van der Waals surface area contributed by atoms with Crippen LogP contribution in [-0.2, 0) is 10.0 Å². The van der Waals surface area contributed by atoms with Crippen molar-refractivity contribution >= 4 is 27.2 Å². The molecule has 0 saturated heterocycles. The zero-order valence-electron chi connectivity index (χ0n) is 9.56. The molecule has 0 amide bonds. The molecule has 0 aliphatic rings. The molecular formula is C9H20N2O2S2. The predicted octanol–water partition coefficient (Wildman–Crippen LogP) is 1.11. The van der Waals surface area contributed by atoms with Gasteiger partial charge in [0, 0.05) is 19.0 Å². The van der Waals surface area contributed by atoms with E-state index in [1.54, 1.807) is 0 Å². The highest BCUT2D eigenvalue weighted by Gasteiger charge is 2.23. The van der Waals surface area contributed by atoms with Crippen molar-refractivity contribution < 1.29 is 8.42 Å². The van der Waals surface area contributed by atoms with Gasteiger partial charge in [0.1, 0.15) is 0 Å². The number of hydrogen-bond acceptors (Lipinski definition) is 3. The van der Waals surface area contributed by atoms with Gasteiger partial charge in [-0.3, -0.25) is 0 Å². The maximum atomic E-state index is 11.8. The van der Waals surface area contributed by atoms with Gasteiger partial charge in [-0.2, -0.15) is 4.31 Å². The highest BCUT2D eigenvalue weighted by Crippen LogP contribution is 2.09. The van der Waals surface area contributed by atoms with Gasteiger partial charge in [0.05, 0.1) is 10.7 Å². The SMILES string of the molecule is CCCS(=O)(=O)N(CCC(N)=S)C(C)C. The van der Waals surface area contributed by atoms with E-state index in [9.17, 15) is 8.42 Å². The Balaban J connectivity index is 4.59. The highest BCUT2D eigenvalue weighted by molar-refractivity contribution is 7.89. The lowest BCUT2D eigenvalue weighted by molar-refractivity contribution is 0.362. The van der Waals surface area contributed by atoms with E-state index in [4.69, 9.17) is 18.0 Å². The van der Waals surface area contributed by atoms with Gasteiger partial charge in [-0.15, -0.1) is 0 Å². The number of hydrogen-bond donors (Lipinski definition) is 1. The first-order chi connectivity index (χ1) is 6.81. The van der Waals surface area contributed by atoms with Crippen LogP contribution in [0.1, 0.15) is 33.6 Å². The largest absolute Gasteiger partial charge is 0.393 e. The van der Waals surface area contributed by atoms with Gasteiger partial charge in [0.2, 0.25) is 10.0 Å². The van der Waals surface area contributed by atoms with Crippen LogP contribution in [0.5, 0.6) is 0 Å². The zero-order chi connectivity index (χ0) is 12.1. The molecule has 0 aliphatic heterocycles. The Labute approximate surface area is 97.9 Å². The second-order valence-corrected chi connectivity index (χ2v) is 6.30. The van der Waals surface area contributed by atoms with Crippen LogP contribution in [0.4, 0.5) is 0 Å². The number of rotatable bonds is 7. The maximum absolute atomic E-state index is 11.8. The molecule has 0 radical (unpaired) electrons. The van der Waals surface area contributed by atoms with Crippen LogP contribution in [0.3, 0.4) is 0 Å². The van der Waals surface area contributed by atoms with Gasteiger partial charge in [-0.05, 0) is 20.3 Å². The molecule has 0 saturated carbocycles. The molecule has 0 fully saturated rings. The molecule has 2 N–H and O–H groups in total. The maximum Gasteiger partial charge on any atom is 0.214 e. The van der Waals surface area contributed by atoms with Gasteiger partial charge >= 0.3 is 0 Å². The zero-order valence-corrected chi connectivity index (χ0v) is 11.2. The van der Waals surface area contributed by atoms with Crippen LogP contribution in [0, 0.1) is 0 Å². The first kappa shape index (κ1) is 14.8. The molecule has 0 aliphatic carbocycles. The van der Waals surface area contributed by atoms with E-state index in [0.29, 0.717) is 24.4 Å². The Morgan fingerprint density at radius 1 is 1.47 bits per heavy atom. The number of sulfonamides is 1. The summed E-state index contributed by atoms with van der Waals surface area (Å²) in [4.78, 5) is 0.354. The number of nitrogens with two attached hydrogens (primary N) is 1. The fraction of sp³-hybridized carbons (Fsp3) is 0.889. The standard InChI is InChI=1S/C9H20N2O2S2/c1-4-7-15(12,13)11(8(2)3)6-5-9(10)14/h8H,4-7H2,1-3H3,(H2,10,14). The molecule has 0 unspecified atom stereocenters. The van der Waals surface area contributed by atoms with E-state index >= 15 is 0 Å². The lowest BCUT2D eigenvalue weighted by Crippen LogP contribution is -2.40. The van der Waals surface area contributed by atoms with Gasteiger partial charge in [-0.25, -0.2) is 8.42 Å². The number of nitrogens with zero attached hydrogens (tertiary/aromatic N) is 1. The van der Waals surface area contributed by atoms with Crippen LogP contribution in [-0.4, -0.2) is 36.1 Å². The minimum Gasteiger partial charge on any atom is -0.393 e. The summed E-state index contributed by atoms with van der Waals surface area (Å²) in [5.41, 5.74) is 5.37. The van der Waals surface area contributed by atoms with Crippen molar-refractivity contribution in [3.63, 3.8) is 0 Å². The monoisotopic (exact) mass is 252 g/mol. The lowest BCUT2D eigenvalue weighted by atomic mass is 10.3. The summed E-state index contributed by atoms with van der Waals surface area (Å²) in [5, 5.41) is 0. The highest BCUT2D eigenvalue weighted by atomic mass is 32.2. The van der Waals surface area contributed by atoms with Crippen LogP contribution in [0.2, 0.25) is 0 Å². The summed E-state index contributed by atoms with van der Waals surface area (Å²) in [6.07, 6.45) is 1.06. The molecule has 15 heavy (non-hydrogen) atoms. The smallest absolute Gasteiger partial charge is 0.214 e. The average molecular weight is 252 g/mol. The third kappa shape index (κ3) is 5.44. The normalized spacial score (nSPS) is 12.3. The Morgan fingerprint density at radius 2 is 2.00 bits per heavy atom. The van der Waals surface area contributed by atoms with Crippen molar-refractivity contribution in [2.24, 2.45) is 5.73 Å². The van der Waals surface area contributed by atoms with Crippen LogP contribution >= 0.6 is 12.2 Å². The second kappa shape index (κ2) is 6.40. The Kier molecular flexibility index (Phi) is 6.31. The molecular weight excluding hydrogens is 232 g/mol. The van der Waals surface area contributed by atoms with Gasteiger partial charge in [0.15, 0.2) is 0 Å². The average Bonchev–Trinajstić information content (AvgIpc) is 2.01.